The molecule has 4 rings (SSSR count). The maximum Gasteiger partial charge on any atom is 0.258 e. The molecule has 0 unspecified atom stereocenters. The maximum absolute atomic E-state index is 12.4. The molecule has 0 saturated carbocycles. The van der Waals surface area contributed by atoms with Gasteiger partial charge < -0.3 is 9.55 Å². The SMILES string of the molecule is CCn1c(SCc2nc3c(C)cccc3c(=O)[nH]2)nnc1-c1ccc(Cl)cc1. The van der Waals surface area contributed by atoms with Crippen molar-refractivity contribution in [1.29, 1.82) is 0 Å². The Bertz CT molecular complexity index is 1200. The molecule has 1 N–H and O–H groups in total. The monoisotopic (exact) mass is 411 g/mol. The van der Waals surface area contributed by atoms with E-state index in [2.05, 4.69) is 20.2 Å². The summed E-state index contributed by atoms with van der Waals surface area (Å²) in [6.45, 7) is 4.73. The van der Waals surface area contributed by atoms with Crippen LogP contribution >= 0.6 is 23.4 Å². The average molecular weight is 412 g/mol. The molecule has 0 aliphatic rings. The molecule has 0 aliphatic heterocycles. The third-order valence-electron chi connectivity index (χ3n) is 4.46. The number of H-pyrrole nitrogens is 1. The Balaban J connectivity index is 1.62. The van der Waals surface area contributed by atoms with Crippen molar-refractivity contribution < 1.29 is 0 Å². The van der Waals surface area contributed by atoms with E-state index in [9.17, 15) is 4.79 Å². The molecular formula is C20H18ClN5OS. The Kier molecular flexibility index (Phi) is 5.19. The Labute approximate surface area is 171 Å². The van der Waals surface area contributed by atoms with E-state index in [-0.39, 0.29) is 5.56 Å². The summed E-state index contributed by atoms with van der Waals surface area (Å²) in [6.07, 6.45) is 0. The number of nitrogens with one attached hydrogen (secondary N) is 1. The number of aromatic amines is 1. The highest BCUT2D eigenvalue weighted by molar-refractivity contribution is 7.98. The van der Waals surface area contributed by atoms with Crippen molar-refractivity contribution >= 4 is 34.3 Å². The van der Waals surface area contributed by atoms with Gasteiger partial charge in [0.25, 0.3) is 5.56 Å². The third-order valence-corrected chi connectivity index (χ3v) is 5.69. The lowest BCUT2D eigenvalue weighted by molar-refractivity contribution is 0.687. The molecule has 28 heavy (non-hydrogen) atoms. The van der Waals surface area contributed by atoms with Gasteiger partial charge in [-0.25, -0.2) is 4.98 Å². The molecule has 0 bridgehead atoms. The van der Waals surface area contributed by atoms with E-state index in [1.165, 1.54) is 11.8 Å². The smallest absolute Gasteiger partial charge is 0.258 e. The lowest BCUT2D eigenvalue weighted by atomic mass is 10.1. The molecule has 0 saturated heterocycles. The van der Waals surface area contributed by atoms with E-state index in [0.29, 0.717) is 22.0 Å². The van der Waals surface area contributed by atoms with E-state index in [1.807, 2.05) is 54.8 Å². The summed E-state index contributed by atoms with van der Waals surface area (Å²) in [7, 11) is 0. The van der Waals surface area contributed by atoms with Gasteiger partial charge in [0.05, 0.1) is 16.7 Å². The van der Waals surface area contributed by atoms with E-state index in [0.717, 1.165) is 34.2 Å². The summed E-state index contributed by atoms with van der Waals surface area (Å²) in [5.41, 5.74) is 2.55. The molecule has 2 aromatic heterocycles. The first kappa shape index (κ1) is 18.7. The van der Waals surface area contributed by atoms with Crippen LogP contribution in [-0.4, -0.2) is 24.7 Å². The molecule has 0 fully saturated rings. The molecule has 0 spiro atoms. The van der Waals surface area contributed by atoms with Crippen molar-refractivity contribution in [1.82, 2.24) is 24.7 Å². The Hall–Kier alpha value is -2.64. The van der Waals surface area contributed by atoms with Gasteiger partial charge in [0.15, 0.2) is 11.0 Å². The minimum Gasteiger partial charge on any atom is -0.309 e. The lowest BCUT2D eigenvalue weighted by Crippen LogP contribution is -2.12. The summed E-state index contributed by atoms with van der Waals surface area (Å²) in [5, 5.41) is 10.7. The molecule has 0 atom stereocenters. The zero-order chi connectivity index (χ0) is 19.7. The van der Waals surface area contributed by atoms with Gasteiger partial charge in [0.1, 0.15) is 5.82 Å². The number of hydrogen-bond acceptors (Lipinski definition) is 5. The fraction of sp³-hybridized carbons (Fsp3) is 0.200. The molecule has 0 amide bonds. The van der Waals surface area contributed by atoms with Crippen molar-refractivity contribution in [3.05, 3.63) is 69.2 Å². The highest BCUT2D eigenvalue weighted by Gasteiger charge is 2.14. The number of thioether (sulfide) groups is 1. The van der Waals surface area contributed by atoms with Gasteiger partial charge >= 0.3 is 0 Å². The highest BCUT2D eigenvalue weighted by atomic mass is 35.5. The molecule has 4 aromatic rings. The molecule has 0 radical (unpaired) electrons. The van der Waals surface area contributed by atoms with Gasteiger partial charge in [0, 0.05) is 17.1 Å². The van der Waals surface area contributed by atoms with Crippen LogP contribution in [0, 0.1) is 6.92 Å². The quantitative estimate of drug-likeness (QED) is 0.491. The van der Waals surface area contributed by atoms with Gasteiger partial charge in [-0.2, -0.15) is 0 Å². The number of fused-ring (bicyclic) bond motifs is 1. The summed E-state index contributed by atoms with van der Waals surface area (Å²) in [6, 6.07) is 13.1. The van der Waals surface area contributed by atoms with Crippen LogP contribution in [0.25, 0.3) is 22.3 Å². The fourth-order valence-corrected chi connectivity index (χ4v) is 4.04. The first-order chi connectivity index (χ1) is 13.6. The number of benzene rings is 2. The second kappa shape index (κ2) is 7.77. The maximum atomic E-state index is 12.4. The predicted molar refractivity (Wildman–Crippen MR) is 113 cm³/mol. The van der Waals surface area contributed by atoms with Crippen LogP contribution in [0.1, 0.15) is 18.3 Å². The summed E-state index contributed by atoms with van der Waals surface area (Å²) in [5.74, 6) is 1.91. The third kappa shape index (κ3) is 3.55. The fourth-order valence-electron chi connectivity index (χ4n) is 3.05. The number of hydrogen-bond donors (Lipinski definition) is 1. The van der Waals surface area contributed by atoms with Crippen LogP contribution < -0.4 is 5.56 Å². The highest BCUT2D eigenvalue weighted by Crippen LogP contribution is 2.26. The zero-order valence-electron chi connectivity index (χ0n) is 15.4. The van der Waals surface area contributed by atoms with E-state index in [4.69, 9.17) is 11.6 Å². The van der Waals surface area contributed by atoms with Crippen LogP contribution in [0.5, 0.6) is 0 Å². The van der Waals surface area contributed by atoms with Crippen LogP contribution in [0.3, 0.4) is 0 Å². The van der Waals surface area contributed by atoms with Crippen LogP contribution in [0.2, 0.25) is 5.02 Å². The number of rotatable bonds is 5. The minimum atomic E-state index is -0.122. The number of nitrogens with zero attached hydrogens (tertiary/aromatic N) is 4. The van der Waals surface area contributed by atoms with Crippen molar-refractivity contribution in [2.24, 2.45) is 0 Å². The molecule has 8 heteroatoms. The molecule has 2 heterocycles. The standard InChI is InChI=1S/C20H18ClN5OS/c1-3-26-18(13-7-9-14(21)10-8-13)24-25-20(26)28-11-16-22-17-12(2)5-4-6-15(17)19(27)23-16/h4-10H,3,11H2,1-2H3,(H,22,23,27). The largest absolute Gasteiger partial charge is 0.309 e. The topological polar surface area (TPSA) is 76.5 Å². The Morgan fingerprint density at radius 2 is 1.93 bits per heavy atom. The van der Waals surface area contributed by atoms with E-state index >= 15 is 0 Å². The summed E-state index contributed by atoms with van der Waals surface area (Å²) < 4.78 is 2.04. The molecule has 6 nitrogen and oxygen atoms in total. The number of aryl methyl sites for hydroxylation is 1. The number of aromatic nitrogens is 5. The first-order valence-electron chi connectivity index (χ1n) is 8.87. The second-order valence-electron chi connectivity index (χ2n) is 6.33. The van der Waals surface area contributed by atoms with Crippen LogP contribution in [0.4, 0.5) is 0 Å². The van der Waals surface area contributed by atoms with Gasteiger partial charge in [-0.1, -0.05) is 35.5 Å². The van der Waals surface area contributed by atoms with Crippen molar-refractivity contribution in [3.63, 3.8) is 0 Å². The van der Waals surface area contributed by atoms with Gasteiger partial charge in [-0.15, -0.1) is 10.2 Å². The second-order valence-corrected chi connectivity index (χ2v) is 7.71. The number of para-hydroxylation sites is 1. The average Bonchev–Trinajstić information content (AvgIpc) is 3.11. The first-order valence-corrected chi connectivity index (χ1v) is 10.2. The Morgan fingerprint density at radius 1 is 1.14 bits per heavy atom. The predicted octanol–water partition coefficient (Wildman–Crippen LogP) is 4.46. The van der Waals surface area contributed by atoms with Gasteiger partial charge in [-0.3, -0.25) is 4.79 Å². The lowest BCUT2D eigenvalue weighted by Gasteiger charge is -2.08. The van der Waals surface area contributed by atoms with Gasteiger partial charge in [0.2, 0.25) is 0 Å². The van der Waals surface area contributed by atoms with Crippen molar-refractivity contribution in [2.75, 3.05) is 0 Å². The van der Waals surface area contributed by atoms with Gasteiger partial charge in [-0.05, 0) is 49.7 Å². The molecule has 2 aromatic carbocycles. The van der Waals surface area contributed by atoms with Crippen LogP contribution in [-0.2, 0) is 12.3 Å². The number of halogens is 1. The Morgan fingerprint density at radius 3 is 2.68 bits per heavy atom. The van der Waals surface area contributed by atoms with Crippen LogP contribution in [0.15, 0.2) is 52.4 Å². The molecular weight excluding hydrogens is 394 g/mol. The summed E-state index contributed by atoms with van der Waals surface area (Å²) in [4.78, 5) is 19.9. The molecule has 0 aliphatic carbocycles. The van der Waals surface area contributed by atoms with Crippen molar-refractivity contribution in [2.45, 2.75) is 31.3 Å². The van der Waals surface area contributed by atoms with E-state index in [1.54, 1.807) is 6.07 Å². The van der Waals surface area contributed by atoms with Crippen molar-refractivity contribution in [3.8, 4) is 11.4 Å². The minimum absolute atomic E-state index is 0.122. The normalized spacial score (nSPS) is 11.2. The molecule has 142 valence electrons. The zero-order valence-corrected chi connectivity index (χ0v) is 17.0. The van der Waals surface area contributed by atoms with E-state index < -0.39 is 0 Å². The summed E-state index contributed by atoms with van der Waals surface area (Å²) >= 11 is 7.48.